The molecule has 0 bridgehead atoms. The fourth-order valence-corrected chi connectivity index (χ4v) is 0.906. The van der Waals surface area contributed by atoms with Crippen molar-refractivity contribution in [3.8, 4) is 0 Å². The van der Waals surface area contributed by atoms with Crippen LogP contribution in [0.1, 0.15) is 38.5 Å². The van der Waals surface area contributed by atoms with Crippen molar-refractivity contribution < 1.29 is 19.8 Å². The maximum absolute atomic E-state index is 10.0. The summed E-state index contributed by atoms with van der Waals surface area (Å²) in [4.78, 5) is 20.1. The first-order valence-electron chi connectivity index (χ1n) is 4.06. The number of hydrogen-bond acceptors (Lipinski definition) is 2. The van der Waals surface area contributed by atoms with Crippen LogP contribution in [0.15, 0.2) is 0 Å². The zero-order valence-electron chi connectivity index (χ0n) is 6.95. The van der Waals surface area contributed by atoms with Crippen LogP contribution in [-0.4, -0.2) is 81.3 Å². The third-order valence-corrected chi connectivity index (χ3v) is 1.53. The Bertz CT molecular complexity index is 143. The predicted molar refractivity (Wildman–Crippen MR) is 57.3 cm³/mol. The van der Waals surface area contributed by atoms with Crippen LogP contribution in [0, 0.1) is 0 Å². The number of hydrogen-bond donors (Lipinski definition) is 2. The van der Waals surface area contributed by atoms with Crippen molar-refractivity contribution in [2.24, 2.45) is 0 Å². The third-order valence-electron chi connectivity index (χ3n) is 1.53. The van der Waals surface area contributed by atoms with Crippen LogP contribution in [0.25, 0.3) is 0 Å². The van der Waals surface area contributed by atoms with E-state index in [9.17, 15) is 9.59 Å². The monoisotopic (exact) mass is 222 g/mol. The van der Waals surface area contributed by atoms with Gasteiger partial charge in [-0.3, -0.25) is 9.59 Å². The topological polar surface area (TPSA) is 74.6 Å². The molecule has 0 saturated carbocycles. The molecule has 0 unspecified atom stereocenters. The second-order valence-electron chi connectivity index (χ2n) is 2.70. The molecular formula is C8H16Na2O4. The summed E-state index contributed by atoms with van der Waals surface area (Å²) in [5, 5.41) is 16.5. The van der Waals surface area contributed by atoms with Crippen molar-refractivity contribution in [2.75, 3.05) is 0 Å². The molecule has 14 heavy (non-hydrogen) atoms. The Morgan fingerprint density at radius 3 is 1.21 bits per heavy atom. The van der Waals surface area contributed by atoms with E-state index in [1.54, 1.807) is 0 Å². The molecule has 0 amide bonds. The van der Waals surface area contributed by atoms with E-state index >= 15 is 0 Å². The van der Waals surface area contributed by atoms with Crippen molar-refractivity contribution in [3.05, 3.63) is 0 Å². The van der Waals surface area contributed by atoms with Gasteiger partial charge in [0.1, 0.15) is 0 Å². The first kappa shape index (κ1) is 20.4. The predicted octanol–water partition coefficient (Wildman–Crippen LogP) is 0.199. The van der Waals surface area contributed by atoms with Crippen molar-refractivity contribution in [2.45, 2.75) is 38.5 Å². The number of aliphatic carboxylic acids is 2. The molecule has 0 spiro atoms. The minimum atomic E-state index is -0.784. The number of rotatable bonds is 7. The summed E-state index contributed by atoms with van der Waals surface area (Å²) in [7, 11) is 0. The van der Waals surface area contributed by atoms with E-state index in [0.717, 1.165) is 12.8 Å². The van der Waals surface area contributed by atoms with Crippen molar-refractivity contribution in [1.82, 2.24) is 0 Å². The van der Waals surface area contributed by atoms with Gasteiger partial charge < -0.3 is 10.2 Å². The van der Waals surface area contributed by atoms with Crippen LogP contribution in [0.3, 0.4) is 0 Å². The summed E-state index contributed by atoms with van der Waals surface area (Å²) in [6, 6.07) is 0. The van der Waals surface area contributed by atoms with E-state index in [1.807, 2.05) is 0 Å². The normalized spacial score (nSPS) is 8.29. The SMILES string of the molecule is O=C(O)CCCCCCC(=O)O.[NaH].[NaH]. The molecule has 74 valence electrons. The molecular weight excluding hydrogens is 206 g/mol. The molecule has 6 heteroatoms. The molecule has 0 rings (SSSR count). The molecule has 2 N–H and O–H groups in total. The number of carbonyl (C=O) groups is 2. The van der Waals surface area contributed by atoms with Gasteiger partial charge in [0.15, 0.2) is 0 Å². The quantitative estimate of drug-likeness (QED) is 0.476. The number of carboxylic acids is 2. The van der Waals surface area contributed by atoms with Crippen LogP contribution in [0.4, 0.5) is 0 Å². The van der Waals surface area contributed by atoms with Crippen molar-refractivity contribution >= 4 is 71.1 Å². The van der Waals surface area contributed by atoms with Gasteiger partial charge >= 0.3 is 71.1 Å². The van der Waals surface area contributed by atoms with E-state index < -0.39 is 11.9 Å². The molecule has 0 radical (unpaired) electrons. The molecule has 0 aliphatic rings. The summed E-state index contributed by atoms with van der Waals surface area (Å²) in [5.41, 5.74) is 0. The zero-order chi connectivity index (χ0) is 9.40. The van der Waals surface area contributed by atoms with Gasteiger partial charge in [-0.15, -0.1) is 0 Å². The summed E-state index contributed by atoms with van der Waals surface area (Å²) in [6.45, 7) is 0. The first-order chi connectivity index (χ1) is 5.63. The summed E-state index contributed by atoms with van der Waals surface area (Å²) < 4.78 is 0. The number of carboxylic acid groups (broad SMARTS) is 2. The van der Waals surface area contributed by atoms with Crippen LogP contribution in [0.2, 0.25) is 0 Å². The molecule has 0 fully saturated rings. The van der Waals surface area contributed by atoms with Gasteiger partial charge in [-0.05, 0) is 12.8 Å². The van der Waals surface area contributed by atoms with Crippen molar-refractivity contribution in [3.63, 3.8) is 0 Å². The van der Waals surface area contributed by atoms with Crippen molar-refractivity contribution in [1.29, 1.82) is 0 Å². The van der Waals surface area contributed by atoms with Gasteiger partial charge in [0.25, 0.3) is 0 Å². The Morgan fingerprint density at radius 1 is 0.714 bits per heavy atom. The van der Waals surface area contributed by atoms with Gasteiger partial charge in [-0.25, -0.2) is 0 Å². The molecule has 0 heterocycles. The Labute approximate surface area is 128 Å². The molecule has 4 nitrogen and oxygen atoms in total. The van der Waals surface area contributed by atoms with E-state index in [1.165, 1.54) is 0 Å². The van der Waals surface area contributed by atoms with Gasteiger partial charge in [-0.1, -0.05) is 12.8 Å². The maximum atomic E-state index is 10.0. The van der Waals surface area contributed by atoms with Gasteiger partial charge in [0, 0.05) is 12.8 Å². The zero-order valence-corrected chi connectivity index (χ0v) is 6.95. The second kappa shape index (κ2) is 13.9. The average Bonchev–Trinajstić information content (AvgIpc) is 1.95. The Morgan fingerprint density at radius 2 is 1.00 bits per heavy atom. The minimum absolute atomic E-state index is 0. The molecule has 0 aromatic heterocycles. The van der Waals surface area contributed by atoms with Gasteiger partial charge in [-0.2, -0.15) is 0 Å². The van der Waals surface area contributed by atoms with Crippen LogP contribution >= 0.6 is 0 Å². The summed E-state index contributed by atoms with van der Waals surface area (Å²) in [5.74, 6) is -1.57. The van der Waals surface area contributed by atoms with Crippen LogP contribution < -0.4 is 0 Å². The Balaban J connectivity index is -0.000000605. The van der Waals surface area contributed by atoms with Crippen LogP contribution in [-0.2, 0) is 9.59 Å². The van der Waals surface area contributed by atoms with Gasteiger partial charge in [0.2, 0.25) is 0 Å². The van der Waals surface area contributed by atoms with E-state index in [0.29, 0.717) is 12.8 Å². The van der Waals surface area contributed by atoms with E-state index in [4.69, 9.17) is 10.2 Å². The Hall–Kier alpha value is 0.940. The van der Waals surface area contributed by atoms with Gasteiger partial charge in [0.05, 0.1) is 0 Å². The molecule has 0 aromatic carbocycles. The fraction of sp³-hybridized carbons (Fsp3) is 0.750. The summed E-state index contributed by atoms with van der Waals surface area (Å²) >= 11 is 0. The fourth-order valence-electron chi connectivity index (χ4n) is 0.906. The molecule has 0 saturated heterocycles. The molecule has 0 atom stereocenters. The first-order valence-corrected chi connectivity index (χ1v) is 4.06. The van der Waals surface area contributed by atoms with Crippen LogP contribution in [0.5, 0.6) is 0 Å². The molecule has 0 aromatic rings. The number of unbranched alkanes of at least 4 members (excludes halogenated alkanes) is 3. The van der Waals surface area contributed by atoms with E-state index in [2.05, 4.69) is 0 Å². The van der Waals surface area contributed by atoms with E-state index in [-0.39, 0.29) is 72.0 Å². The molecule has 0 aliphatic heterocycles. The average molecular weight is 222 g/mol. The second-order valence-corrected chi connectivity index (χ2v) is 2.70. The standard InChI is InChI=1S/C8H14O4.2Na.2H/c9-7(10)5-3-1-2-4-6-8(11)12;;;;/h1-6H2,(H,9,10)(H,11,12);;;;. The Kier molecular flexibility index (Phi) is 20.3. The molecule has 0 aliphatic carbocycles. The summed E-state index contributed by atoms with van der Waals surface area (Å²) in [6.07, 6.45) is 3.28. The third kappa shape index (κ3) is 18.7.